The number of nitrogens with one attached hydrogen (secondary N) is 3. The fourth-order valence-corrected chi connectivity index (χ4v) is 2.59. The van der Waals surface area contributed by atoms with Crippen molar-refractivity contribution >= 4 is 17.5 Å². The SMILES string of the molecule is C[NH+](CC(=O)Nc1ccccc1Oc1ccccc1)CC(=O)NC1CC1. The minimum absolute atomic E-state index is 0.00869. The van der Waals surface area contributed by atoms with Crippen LogP contribution in [0, 0.1) is 0 Å². The first-order valence-corrected chi connectivity index (χ1v) is 8.82. The Hall–Kier alpha value is -2.86. The quantitative estimate of drug-likeness (QED) is 0.667. The molecule has 1 aliphatic carbocycles. The van der Waals surface area contributed by atoms with Gasteiger partial charge < -0.3 is 20.3 Å². The highest BCUT2D eigenvalue weighted by molar-refractivity contribution is 5.93. The summed E-state index contributed by atoms with van der Waals surface area (Å²) in [6.07, 6.45) is 2.12. The second kappa shape index (κ2) is 8.49. The van der Waals surface area contributed by atoms with Crippen molar-refractivity contribution in [3.05, 3.63) is 54.6 Å². The van der Waals surface area contributed by atoms with Crippen molar-refractivity contribution in [2.24, 2.45) is 0 Å². The Morgan fingerprint density at radius 3 is 2.38 bits per heavy atom. The Morgan fingerprint density at radius 2 is 1.65 bits per heavy atom. The van der Waals surface area contributed by atoms with Crippen molar-refractivity contribution in [2.45, 2.75) is 18.9 Å². The van der Waals surface area contributed by atoms with Gasteiger partial charge in [-0.05, 0) is 37.1 Å². The summed E-state index contributed by atoms with van der Waals surface area (Å²) >= 11 is 0. The molecule has 2 amide bonds. The maximum absolute atomic E-state index is 12.3. The average molecular weight is 354 g/mol. The van der Waals surface area contributed by atoms with Crippen molar-refractivity contribution in [1.82, 2.24) is 5.32 Å². The molecule has 1 saturated carbocycles. The molecule has 1 fully saturated rings. The van der Waals surface area contributed by atoms with E-state index >= 15 is 0 Å². The largest absolute Gasteiger partial charge is 0.455 e. The summed E-state index contributed by atoms with van der Waals surface area (Å²) in [5.74, 6) is 1.11. The van der Waals surface area contributed by atoms with Crippen molar-refractivity contribution in [3.8, 4) is 11.5 Å². The minimum Gasteiger partial charge on any atom is -0.455 e. The van der Waals surface area contributed by atoms with Gasteiger partial charge in [0.15, 0.2) is 18.8 Å². The van der Waals surface area contributed by atoms with E-state index in [1.807, 2.05) is 55.6 Å². The Bertz CT molecular complexity index is 760. The predicted molar refractivity (Wildman–Crippen MR) is 99.4 cm³/mol. The number of quaternary nitrogens is 1. The molecule has 6 heteroatoms. The van der Waals surface area contributed by atoms with E-state index in [2.05, 4.69) is 10.6 Å². The Balaban J connectivity index is 1.54. The van der Waals surface area contributed by atoms with E-state index in [9.17, 15) is 9.59 Å². The van der Waals surface area contributed by atoms with E-state index in [-0.39, 0.29) is 24.9 Å². The molecule has 0 aromatic heterocycles. The van der Waals surface area contributed by atoms with Crippen LogP contribution in [0.1, 0.15) is 12.8 Å². The minimum atomic E-state index is -0.161. The normalized spacial score (nSPS) is 14.3. The molecule has 1 unspecified atom stereocenters. The van der Waals surface area contributed by atoms with Gasteiger partial charge >= 0.3 is 0 Å². The number of carbonyl (C=O) groups excluding carboxylic acids is 2. The van der Waals surface area contributed by atoms with Crippen molar-refractivity contribution < 1.29 is 19.2 Å². The molecule has 0 aliphatic heterocycles. The van der Waals surface area contributed by atoms with Gasteiger partial charge in [-0.2, -0.15) is 0 Å². The molecule has 3 N–H and O–H groups in total. The molecule has 0 saturated heterocycles. The van der Waals surface area contributed by atoms with Crippen molar-refractivity contribution in [2.75, 3.05) is 25.5 Å². The second-order valence-electron chi connectivity index (χ2n) is 6.61. The number of benzene rings is 2. The molecular formula is C20H24N3O3+. The fourth-order valence-electron chi connectivity index (χ4n) is 2.59. The molecular weight excluding hydrogens is 330 g/mol. The molecule has 0 spiro atoms. The van der Waals surface area contributed by atoms with Gasteiger partial charge in [-0.25, -0.2) is 0 Å². The van der Waals surface area contributed by atoms with Gasteiger partial charge in [0.1, 0.15) is 5.75 Å². The predicted octanol–water partition coefficient (Wildman–Crippen LogP) is 1.21. The molecule has 2 aromatic carbocycles. The Kier molecular flexibility index (Phi) is 5.86. The number of amides is 2. The van der Waals surface area contributed by atoms with Crippen LogP contribution in [0.15, 0.2) is 54.6 Å². The maximum atomic E-state index is 12.3. The molecule has 0 bridgehead atoms. The number of ether oxygens (including phenoxy) is 1. The van der Waals surface area contributed by atoms with E-state index in [1.165, 1.54) is 0 Å². The van der Waals surface area contributed by atoms with Crippen LogP contribution in [0.2, 0.25) is 0 Å². The number of rotatable bonds is 8. The summed E-state index contributed by atoms with van der Waals surface area (Å²) < 4.78 is 5.84. The first kappa shape index (κ1) is 17.9. The van der Waals surface area contributed by atoms with Crippen LogP contribution in [-0.4, -0.2) is 38.0 Å². The summed E-state index contributed by atoms with van der Waals surface area (Å²) in [5.41, 5.74) is 0.608. The lowest BCUT2D eigenvalue weighted by molar-refractivity contribution is -0.862. The van der Waals surface area contributed by atoms with E-state index in [1.54, 1.807) is 6.07 Å². The highest BCUT2D eigenvalue weighted by Crippen LogP contribution is 2.28. The van der Waals surface area contributed by atoms with Crippen LogP contribution in [0.5, 0.6) is 11.5 Å². The number of anilines is 1. The lowest BCUT2D eigenvalue weighted by Gasteiger charge is -2.15. The smallest absolute Gasteiger partial charge is 0.279 e. The molecule has 3 rings (SSSR count). The van der Waals surface area contributed by atoms with Crippen molar-refractivity contribution in [1.29, 1.82) is 0 Å². The standard InChI is InChI=1S/C20H23N3O3/c1-23(13-19(24)21-15-11-12-15)14-20(25)22-17-9-5-6-10-18(17)26-16-7-3-2-4-8-16/h2-10,15H,11-14H2,1H3,(H,21,24)(H,22,25)/p+1. The first-order valence-electron chi connectivity index (χ1n) is 8.82. The highest BCUT2D eigenvalue weighted by atomic mass is 16.5. The van der Waals surface area contributed by atoms with Gasteiger partial charge in [0.2, 0.25) is 0 Å². The molecule has 0 heterocycles. The number of hydrogen-bond acceptors (Lipinski definition) is 3. The lowest BCUT2D eigenvalue weighted by atomic mass is 10.2. The maximum Gasteiger partial charge on any atom is 0.279 e. The van der Waals surface area contributed by atoms with Gasteiger partial charge in [0, 0.05) is 6.04 Å². The van der Waals surface area contributed by atoms with Gasteiger partial charge in [-0.3, -0.25) is 9.59 Å². The van der Waals surface area contributed by atoms with Crippen LogP contribution in [0.4, 0.5) is 5.69 Å². The summed E-state index contributed by atoms with van der Waals surface area (Å²) in [4.78, 5) is 25.0. The average Bonchev–Trinajstić information content (AvgIpc) is 3.41. The zero-order valence-electron chi connectivity index (χ0n) is 14.8. The summed E-state index contributed by atoms with van der Waals surface area (Å²) in [7, 11) is 1.83. The monoisotopic (exact) mass is 354 g/mol. The summed E-state index contributed by atoms with van der Waals surface area (Å²) in [6.45, 7) is 0.490. The van der Waals surface area contributed by atoms with E-state index in [0.717, 1.165) is 17.7 Å². The van der Waals surface area contributed by atoms with Crippen LogP contribution in [0.3, 0.4) is 0 Å². The molecule has 1 aliphatic rings. The summed E-state index contributed by atoms with van der Waals surface area (Å²) in [5, 5.41) is 5.80. The van der Waals surface area contributed by atoms with Gasteiger partial charge in [-0.1, -0.05) is 30.3 Å². The second-order valence-corrected chi connectivity index (χ2v) is 6.61. The molecule has 1 atom stereocenters. The summed E-state index contributed by atoms with van der Waals surface area (Å²) in [6, 6.07) is 17.0. The fraction of sp³-hybridized carbons (Fsp3) is 0.300. The Morgan fingerprint density at radius 1 is 1.00 bits per heavy atom. The number of likely N-dealkylation sites (N-methyl/N-ethyl adjacent to an activating group) is 1. The van der Waals surface area contributed by atoms with E-state index < -0.39 is 0 Å². The molecule has 0 radical (unpaired) electrons. The van der Waals surface area contributed by atoms with Gasteiger partial charge in [0.25, 0.3) is 11.8 Å². The van der Waals surface area contributed by atoms with E-state index in [4.69, 9.17) is 4.74 Å². The zero-order valence-corrected chi connectivity index (χ0v) is 14.8. The third-order valence-electron chi connectivity index (χ3n) is 4.00. The van der Waals surface area contributed by atoms with Crippen LogP contribution in [-0.2, 0) is 9.59 Å². The van der Waals surface area contributed by atoms with Crippen LogP contribution >= 0.6 is 0 Å². The topological polar surface area (TPSA) is 71.9 Å². The third-order valence-corrected chi connectivity index (χ3v) is 4.00. The van der Waals surface area contributed by atoms with Crippen LogP contribution in [0.25, 0.3) is 0 Å². The highest BCUT2D eigenvalue weighted by Gasteiger charge is 2.25. The van der Waals surface area contributed by atoms with Gasteiger partial charge in [0.05, 0.1) is 12.7 Å². The lowest BCUT2D eigenvalue weighted by Crippen LogP contribution is -3.11. The van der Waals surface area contributed by atoms with E-state index in [0.29, 0.717) is 23.2 Å². The number of hydrogen-bond donors (Lipinski definition) is 3. The van der Waals surface area contributed by atoms with Crippen LogP contribution < -0.4 is 20.3 Å². The molecule has 136 valence electrons. The number of carbonyl (C=O) groups is 2. The zero-order chi connectivity index (χ0) is 18.4. The van der Waals surface area contributed by atoms with Gasteiger partial charge in [-0.15, -0.1) is 0 Å². The molecule has 6 nitrogen and oxygen atoms in total. The third kappa shape index (κ3) is 5.60. The Labute approximate surface area is 153 Å². The molecule has 26 heavy (non-hydrogen) atoms. The molecule has 2 aromatic rings. The number of para-hydroxylation sites is 3. The first-order chi connectivity index (χ1) is 12.6. The van der Waals surface area contributed by atoms with Crippen molar-refractivity contribution in [3.63, 3.8) is 0 Å².